The molecule has 0 heterocycles. The molecule has 0 fully saturated rings. The number of hydrogen-bond donors (Lipinski definition) is 3. The first-order chi connectivity index (χ1) is 19.2. The van der Waals surface area contributed by atoms with Crippen molar-refractivity contribution < 1.29 is 24.2 Å². The van der Waals surface area contributed by atoms with E-state index in [4.69, 9.17) is 16.3 Å². The lowest BCUT2D eigenvalue weighted by Gasteiger charge is -2.33. The maximum atomic E-state index is 14.1. The third-order valence-electron chi connectivity index (χ3n) is 6.63. The Bertz CT molecular complexity index is 1380. The van der Waals surface area contributed by atoms with E-state index in [1.807, 2.05) is 45.0 Å². The third kappa shape index (κ3) is 8.24. The first-order valence-corrected chi connectivity index (χ1v) is 13.7. The number of anilines is 1. The van der Waals surface area contributed by atoms with E-state index in [0.717, 1.165) is 16.7 Å². The number of aryl methyl sites for hydroxylation is 3. The molecule has 3 N–H and O–H groups in total. The fourth-order valence-corrected chi connectivity index (χ4v) is 4.90. The van der Waals surface area contributed by atoms with Crippen LogP contribution in [0, 0.1) is 20.8 Å². The number of hydrogen-bond acceptors (Lipinski definition) is 5. The van der Waals surface area contributed by atoms with Crippen molar-refractivity contribution in [2.45, 2.75) is 65.6 Å². The minimum Gasteiger partial charge on any atom is -0.508 e. The molecular formula is C32H38ClN3O5. The monoisotopic (exact) mass is 579 g/mol. The van der Waals surface area contributed by atoms with E-state index in [1.54, 1.807) is 52.1 Å². The summed E-state index contributed by atoms with van der Waals surface area (Å²) in [7, 11) is 1.54. The van der Waals surface area contributed by atoms with Crippen LogP contribution >= 0.6 is 11.6 Å². The summed E-state index contributed by atoms with van der Waals surface area (Å²) < 4.78 is 5.44. The van der Waals surface area contributed by atoms with Gasteiger partial charge < -0.3 is 25.4 Å². The van der Waals surface area contributed by atoms with E-state index in [9.17, 15) is 19.5 Å². The number of aromatic hydroxyl groups is 1. The second-order valence-corrected chi connectivity index (χ2v) is 11.6. The molecule has 2 atom stereocenters. The molecule has 0 saturated carbocycles. The van der Waals surface area contributed by atoms with Gasteiger partial charge in [-0.05, 0) is 87.6 Å². The highest BCUT2D eigenvalue weighted by Gasteiger charge is 2.36. The Labute approximate surface area is 246 Å². The van der Waals surface area contributed by atoms with Crippen LogP contribution in [0.5, 0.6) is 5.75 Å². The molecule has 0 aromatic heterocycles. The predicted octanol–water partition coefficient (Wildman–Crippen LogP) is 6.25. The summed E-state index contributed by atoms with van der Waals surface area (Å²) in [6.45, 7) is 10.8. The number of nitrogens with zero attached hydrogens (tertiary/aromatic N) is 1. The molecule has 41 heavy (non-hydrogen) atoms. The molecule has 2 unspecified atom stereocenters. The summed E-state index contributed by atoms with van der Waals surface area (Å²) >= 11 is 6.42. The predicted molar refractivity (Wildman–Crippen MR) is 161 cm³/mol. The van der Waals surface area contributed by atoms with Crippen LogP contribution < -0.4 is 10.6 Å². The zero-order chi connectivity index (χ0) is 30.5. The van der Waals surface area contributed by atoms with Crippen molar-refractivity contribution in [2.75, 3.05) is 12.4 Å². The van der Waals surface area contributed by atoms with Crippen LogP contribution in [0.15, 0.2) is 60.7 Å². The van der Waals surface area contributed by atoms with Gasteiger partial charge in [0.1, 0.15) is 23.4 Å². The van der Waals surface area contributed by atoms with Crippen LogP contribution in [0.1, 0.15) is 54.6 Å². The van der Waals surface area contributed by atoms with Crippen molar-refractivity contribution in [1.82, 2.24) is 10.2 Å². The van der Waals surface area contributed by atoms with E-state index in [2.05, 4.69) is 10.6 Å². The second kappa shape index (κ2) is 13.1. The molecule has 0 aliphatic heterocycles. The van der Waals surface area contributed by atoms with Crippen molar-refractivity contribution in [3.63, 3.8) is 0 Å². The number of phenolic OH excluding ortho intramolecular Hbond substituents is 1. The van der Waals surface area contributed by atoms with Gasteiger partial charge in [-0.2, -0.15) is 0 Å². The summed E-state index contributed by atoms with van der Waals surface area (Å²) in [5.74, 6) is -0.867. The maximum Gasteiger partial charge on any atom is 0.408 e. The van der Waals surface area contributed by atoms with Gasteiger partial charge in [-0.3, -0.25) is 9.59 Å². The highest BCUT2D eigenvalue weighted by Crippen LogP contribution is 2.31. The van der Waals surface area contributed by atoms with E-state index in [0.29, 0.717) is 21.8 Å². The highest BCUT2D eigenvalue weighted by atomic mass is 35.5. The fraction of sp³-hybridized carbons (Fsp3) is 0.344. The molecule has 0 spiro atoms. The molecule has 218 valence electrons. The topological polar surface area (TPSA) is 108 Å². The van der Waals surface area contributed by atoms with Gasteiger partial charge >= 0.3 is 6.09 Å². The minimum atomic E-state index is -1.07. The average molecular weight is 580 g/mol. The molecule has 9 heteroatoms. The van der Waals surface area contributed by atoms with E-state index >= 15 is 0 Å². The van der Waals surface area contributed by atoms with Crippen LogP contribution in [-0.4, -0.2) is 46.6 Å². The van der Waals surface area contributed by atoms with Gasteiger partial charge in [0.15, 0.2) is 0 Å². The van der Waals surface area contributed by atoms with Crippen LogP contribution in [0.4, 0.5) is 10.5 Å². The Morgan fingerprint density at radius 3 is 2.05 bits per heavy atom. The number of para-hydroxylation sites is 1. The number of likely N-dealkylation sites (N-methyl/N-ethyl adjacent to an activating group) is 1. The van der Waals surface area contributed by atoms with Gasteiger partial charge in [0.05, 0.1) is 10.7 Å². The molecule has 3 amide bonds. The lowest BCUT2D eigenvalue weighted by atomic mass is 9.93. The zero-order valence-corrected chi connectivity index (χ0v) is 25.3. The van der Waals surface area contributed by atoms with Gasteiger partial charge in [0.25, 0.3) is 5.91 Å². The SMILES string of the molecule is Cc1cccc(Cl)c1NC(=O)C(c1c(C)cccc1C)N(C)C(=O)C(Cc1ccc(O)cc1)NC(=O)OC(C)(C)C. The van der Waals surface area contributed by atoms with Crippen molar-refractivity contribution in [2.24, 2.45) is 0 Å². The van der Waals surface area contributed by atoms with Gasteiger partial charge in [0.2, 0.25) is 5.91 Å². The lowest BCUT2D eigenvalue weighted by Crippen LogP contribution is -2.52. The van der Waals surface area contributed by atoms with Gasteiger partial charge in [-0.1, -0.05) is 54.1 Å². The molecule has 0 aliphatic rings. The van der Waals surface area contributed by atoms with Crippen molar-refractivity contribution in [3.05, 3.63) is 93.5 Å². The Hall–Kier alpha value is -4.04. The Morgan fingerprint density at radius 1 is 0.927 bits per heavy atom. The Morgan fingerprint density at radius 2 is 1.49 bits per heavy atom. The number of carbonyl (C=O) groups excluding carboxylic acids is 3. The summed E-state index contributed by atoms with van der Waals surface area (Å²) in [5, 5.41) is 15.7. The van der Waals surface area contributed by atoms with Crippen LogP contribution in [0.2, 0.25) is 5.02 Å². The van der Waals surface area contributed by atoms with Gasteiger partial charge in [-0.15, -0.1) is 0 Å². The second-order valence-electron chi connectivity index (χ2n) is 11.1. The Kier molecular flexibility index (Phi) is 10.0. The standard InChI is InChI=1S/C32H38ClN3O5/c1-19-10-8-11-20(2)26(19)28(29(38)35-27-21(3)12-9-13-24(27)33)36(7)30(39)25(34-31(40)41-32(4,5)6)18-22-14-16-23(37)17-15-22/h8-17,25,28,37H,18H2,1-7H3,(H,34,40)(H,35,38). The van der Waals surface area contributed by atoms with Crippen molar-refractivity contribution in [1.29, 1.82) is 0 Å². The normalized spacial score (nSPS) is 12.7. The molecule has 3 aromatic carbocycles. The number of phenols is 1. The lowest BCUT2D eigenvalue weighted by molar-refractivity contribution is -0.139. The number of benzene rings is 3. The molecule has 0 radical (unpaired) electrons. The van der Waals surface area contributed by atoms with Gasteiger partial charge in [0, 0.05) is 13.5 Å². The smallest absolute Gasteiger partial charge is 0.408 e. The number of ether oxygens (including phenoxy) is 1. The number of rotatable bonds is 8. The summed E-state index contributed by atoms with van der Waals surface area (Å²) in [5.41, 5.74) is 3.49. The van der Waals surface area contributed by atoms with E-state index in [1.165, 1.54) is 17.0 Å². The van der Waals surface area contributed by atoms with Crippen molar-refractivity contribution >= 4 is 35.2 Å². The maximum absolute atomic E-state index is 14.1. The molecular weight excluding hydrogens is 542 g/mol. The molecule has 3 aromatic rings. The van der Waals surface area contributed by atoms with E-state index in [-0.39, 0.29) is 12.2 Å². The average Bonchev–Trinajstić information content (AvgIpc) is 2.87. The largest absolute Gasteiger partial charge is 0.508 e. The Balaban J connectivity index is 2.04. The number of carbonyl (C=O) groups is 3. The minimum absolute atomic E-state index is 0.0791. The zero-order valence-electron chi connectivity index (χ0n) is 24.5. The first kappa shape index (κ1) is 31.5. The van der Waals surface area contributed by atoms with Crippen molar-refractivity contribution in [3.8, 4) is 5.75 Å². The number of amides is 3. The molecule has 8 nitrogen and oxygen atoms in total. The summed E-state index contributed by atoms with van der Waals surface area (Å²) in [4.78, 5) is 42.3. The summed E-state index contributed by atoms with van der Waals surface area (Å²) in [6, 6.07) is 15.2. The number of alkyl carbamates (subject to hydrolysis) is 1. The first-order valence-electron chi connectivity index (χ1n) is 13.3. The third-order valence-corrected chi connectivity index (χ3v) is 6.95. The van der Waals surface area contributed by atoms with Crippen LogP contribution in [-0.2, 0) is 20.7 Å². The quantitative estimate of drug-likeness (QED) is 0.292. The number of halogens is 1. The highest BCUT2D eigenvalue weighted by molar-refractivity contribution is 6.34. The van der Waals surface area contributed by atoms with Gasteiger partial charge in [-0.25, -0.2) is 4.79 Å². The van der Waals surface area contributed by atoms with Crippen LogP contribution in [0.25, 0.3) is 0 Å². The number of nitrogens with one attached hydrogen (secondary N) is 2. The molecule has 0 saturated heterocycles. The fourth-order valence-electron chi connectivity index (χ4n) is 4.63. The van der Waals surface area contributed by atoms with E-state index < -0.39 is 35.6 Å². The molecule has 0 aliphatic carbocycles. The molecule has 0 bridgehead atoms. The summed E-state index contributed by atoms with van der Waals surface area (Å²) in [6.07, 6.45) is -0.657. The molecule has 3 rings (SSSR count). The van der Waals surface area contributed by atoms with Crippen LogP contribution in [0.3, 0.4) is 0 Å².